The van der Waals surface area contributed by atoms with Crippen molar-refractivity contribution < 1.29 is 14.3 Å². The van der Waals surface area contributed by atoms with Gasteiger partial charge in [-0.05, 0) is 31.2 Å². The van der Waals surface area contributed by atoms with Crippen LogP contribution in [0.3, 0.4) is 0 Å². The van der Waals surface area contributed by atoms with Gasteiger partial charge in [-0.25, -0.2) is 0 Å². The summed E-state index contributed by atoms with van der Waals surface area (Å²) in [5, 5.41) is -0.414. The number of methoxy groups -OCH3 is 1. The van der Waals surface area contributed by atoms with Crippen LogP contribution in [0.4, 0.5) is 0 Å². The van der Waals surface area contributed by atoms with Crippen LogP contribution in [0.1, 0.15) is 26.3 Å². The molecule has 0 aromatic heterocycles. The molecule has 3 aromatic rings. The van der Waals surface area contributed by atoms with Crippen molar-refractivity contribution in [3.63, 3.8) is 0 Å². The minimum Gasteiger partial charge on any atom is -0.497 e. The molecule has 3 rings (SSSR count). The number of hydrogen-bond acceptors (Lipinski definition) is 3. The topological polar surface area (TPSA) is 43.4 Å². The van der Waals surface area contributed by atoms with Gasteiger partial charge in [0.1, 0.15) is 5.75 Å². The summed E-state index contributed by atoms with van der Waals surface area (Å²) in [5.74, 6) is 0.739. The van der Waals surface area contributed by atoms with E-state index in [1.165, 1.54) is 5.56 Å². The Morgan fingerprint density at radius 1 is 0.667 bits per heavy atom. The first-order valence-corrected chi connectivity index (χ1v) is 9.00. The number of ether oxygens (including phenoxy) is 1. The van der Waals surface area contributed by atoms with Crippen LogP contribution in [0.15, 0.2) is 84.9 Å². The van der Waals surface area contributed by atoms with Crippen LogP contribution in [-0.4, -0.2) is 17.3 Å². The van der Waals surface area contributed by atoms with Gasteiger partial charge in [-0.2, -0.15) is 0 Å². The van der Waals surface area contributed by atoms with Crippen molar-refractivity contribution in [2.45, 2.75) is 6.92 Å². The summed E-state index contributed by atoms with van der Waals surface area (Å²) < 4.78 is 4.91. The van der Waals surface area contributed by atoms with Gasteiger partial charge in [-0.15, -0.1) is 25.3 Å². The van der Waals surface area contributed by atoms with Crippen molar-refractivity contribution in [2.24, 2.45) is 0 Å². The van der Waals surface area contributed by atoms with Gasteiger partial charge >= 0.3 is 0 Å². The molecule has 140 valence electrons. The summed E-state index contributed by atoms with van der Waals surface area (Å²) in [6.07, 6.45) is 0. The van der Waals surface area contributed by atoms with Crippen molar-refractivity contribution in [3.05, 3.63) is 102 Å². The molecule has 3 aromatic carbocycles. The number of carbonyl (C=O) groups excluding carboxylic acids is 2. The minimum atomic E-state index is -0.229. The Morgan fingerprint density at radius 2 is 1.07 bits per heavy atom. The number of hydrogen-bond donors (Lipinski definition) is 2. The number of aryl methyl sites for hydroxylation is 1. The van der Waals surface area contributed by atoms with Crippen molar-refractivity contribution in [3.8, 4) is 5.75 Å². The second-order valence-corrected chi connectivity index (χ2v) is 6.17. The molecule has 0 fully saturated rings. The van der Waals surface area contributed by atoms with Crippen molar-refractivity contribution >= 4 is 35.5 Å². The zero-order chi connectivity index (χ0) is 20.1. The number of rotatable bonds is 3. The molecule has 0 saturated carbocycles. The number of benzene rings is 3. The smallest absolute Gasteiger partial charge is 0.216 e. The summed E-state index contributed by atoms with van der Waals surface area (Å²) in [6, 6.07) is 26.0. The Bertz CT molecular complexity index is 817. The molecule has 0 radical (unpaired) electrons. The third kappa shape index (κ3) is 9.68. The molecule has 0 amide bonds. The van der Waals surface area contributed by atoms with Crippen LogP contribution < -0.4 is 4.74 Å². The molecule has 0 spiro atoms. The van der Waals surface area contributed by atoms with Gasteiger partial charge in [-0.3, -0.25) is 9.59 Å². The molecule has 0 aliphatic rings. The Balaban J connectivity index is 0.000000208. The lowest BCUT2D eigenvalue weighted by Crippen LogP contribution is -1.88. The van der Waals surface area contributed by atoms with Gasteiger partial charge in [-0.1, -0.05) is 66.2 Å². The summed E-state index contributed by atoms with van der Waals surface area (Å²) >= 11 is 7.32. The zero-order valence-corrected chi connectivity index (χ0v) is 17.0. The van der Waals surface area contributed by atoms with Crippen molar-refractivity contribution in [2.75, 3.05) is 7.11 Å². The van der Waals surface area contributed by atoms with E-state index in [-0.39, 0.29) is 10.2 Å². The molecular formula is C22H22O3S2. The Morgan fingerprint density at radius 3 is 1.37 bits per heavy atom. The summed E-state index contributed by atoms with van der Waals surface area (Å²) in [7, 11) is 1.58. The van der Waals surface area contributed by atoms with E-state index in [4.69, 9.17) is 4.74 Å². The van der Waals surface area contributed by atoms with Crippen LogP contribution in [-0.2, 0) is 0 Å². The van der Waals surface area contributed by atoms with E-state index >= 15 is 0 Å². The first kappa shape index (κ1) is 22.5. The van der Waals surface area contributed by atoms with Gasteiger partial charge < -0.3 is 4.74 Å². The molecule has 0 heterocycles. The molecule has 0 N–H and O–H groups in total. The second-order valence-electron chi connectivity index (χ2n) is 5.36. The van der Waals surface area contributed by atoms with E-state index < -0.39 is 0 Å². The Kier molecular flexibility index (Phi) is 10.7. The van der Waals surface area contributed by atoms with E-state index in [0.717, 1.165) is 5.75 Å². The fourth-order valence-electron chi connectivity index (χ4n) is 1.85. The van der Waals surface area contributed by atoms with E-state index in [1.54, 1.807) is 43.5 Å². The maximum atomic E-state index is 10.7. The molecule has 0 atom stereocenters. The van der Waals surface area contributed by atoms with E-state index in [1.807, 2.05) is 36.4 Å². The first-order valence-electron chi connectivity index (χ1n) is 8.11. The highest BCUT2D eigenvalue weighted by Crippen LogP contribution is 2.12. The predicted molar refractivity (Wildman–Crippen MR) is 117 cm³/mol. The van der Waals surface area contributed by atoms with Crippen LogP contribution in [0.25, 0.3) is 0 Å². The van der Waals surface area contributed by atoms with Crippen LogP contribution in [0.5, 0.6) is 5.75 Å². The van der Waals surface area contributed by atoms with E-state index in [2.05, 4.69) is 44.3 Å². The molecule has 0 unspecified atom stereocenters. The fraction of sp³-hybridized carbons (Fsp3) is 0.0909. The van der Waals surface area contributed by atoms with Crippen LogP contribution in [0.2, 0.25) is 0 Å². The summed E-state index contributed by atoms with van der Waals surface area (Å²) in [5.41, 5.74) is 2.54. The minimum absolute atomic E-state index is 0.185. The van der Waals surface area contributed by atoms with Gasteiger partial charge in [0.25, 0.3) is 0 Å². The van der Waals surface area contributed by atoms with Crippen molar-refractivity contribution in [1.82, 2.24) is 0 Å². The van der Waals surface area contributed by atoms with Crippen LogP contribution in [0, 0.1) is 6.92 Å². The zero-order valence-electron chi connectivity index (χ0n) is 15.2. The Hall–Kier alpha value is -2.50. The molecule has 0 aliphatic heterocycles. The SMILES string of the molecule is COc1ccc(C(=O)S)cc1.Cc1ccccc1.O=C(S)c1ccccc1. The van der Waals surface area contributed by atoms with Gasteiger partial charge in [0, 0.05) is 11.1 Å². The highest BCUT2D eigenvalue weighted by atomic mass is 32.1. The molecule has 5 heteroatoms. The highest BCUT2D eigenvalue weighted by molar-refractivity contribution is 7.97. The quantitative estimate of drug-likeness (QED) is 0.571. The normalized spacial score (nSPS) is 9.04. The third-order valence-electron chi connectivity index (χ3n) is 3.30. The lowest BCUT2D eigenvalue weighted by molar-refractivity contribution is 0.108. The monoisotopic (exact) mass is 398 g/mol. The van der Waals surface area contributed by atoms with Gasteiger partial charge in [0.05, 0.1) is 7.11 Å². The first-order chi connectivity index (χ1) is 12.9. The molecular weight excluding hydrogens is 376 g/mol. The lowest BCUT2D eigenvalue weighted by Gasteiger charge is -1.98. The van der Waals surface area contributed by atoms with Crippen LogP contribution >= 0.6 is 25.3 Å². The molecule has 0 saturated heterocycles. The maximum absolute atomic E-state index is 10.7. The largest absolute Gasteiger partial charge is 0.497 e. The lowest BCUT2D eigenvalue weighted by atomic mass is 10.2. The fourth-order valence-corrected chi connectivity index (χ4v) is 2.15. The predicted octanol–water partition coefficient (Wildman–Crippen LogP) is 5.52. The Labute approximate surface area is 171 Å². The standard InChI is InChI=1S/C8H8O2S.C7H6OS.C7H8/c1-10-7-4-2-6(3-5-7)8(9)11;8-7(9)6-4-2-1-3-5-6;1-7-5-3-2-4-6-7/h2-5H,1H3,(H,9,11);1-5H,(H,8,9);2-6H,1H3. The van der Waals surface area contributed by atoms with Crippen molar-refractivity contribution in [1.29, 1.82) is 0 Å². The molecule has 27 heavy (non-hydrogen) atoms. The number of carbonyl (C=O) groups is 2. The average molecular weight is 399 g/mol. The van der Waals surface area contributed by atoms with E-state index in [9.17, 15) is 9.59 Å². The molecule has 3 nitrogen and oxygen atoms in total. The highest BCUT2D eigenvalue weighted by Gasteiger charge is 1.98. The average Bonchev–Trinajstić information content (AvgIpc) is 2.70. The molecule has 0 aliphatic carbocycles. The third-order valence-corrected chi connectivity index (χ3v) is 3.81. The van der Waals surface area contributed by atoms with E-state index in [0.29, 0.717) is 11.1 Å². The summed E-state index contributed by atoms with van der Waals surface area (Å²) in [6.45, 7) is 2.08. The molecule has 0 bridgehead atoms. The summed E-state index contributed by atoms with van der Waals surface area (Å²) in [4.78, 5) is 21.2. The maximum Gasteiger partial charge on any atom is 0.216 e. The number of thiol groups is 2. The van der Waals surface area contributed by atoms with Gasteiger partial charge in [0.15, 0.2) is 0 Å². The second kappa shape index (κ2) is 12.8. The van der Waals surface area contributed by atoms with Gasteiger partial charge in [0.2, 0.25) is 10.2 Å².